The van der Waals surface area contributed by atoms with Crippen LogP contribution in [0.3, 0.4) is 0 Å². The van der Waals surface area contributed by atoms with Crippen LogP contribution in [0.1, 0.15) is 17.1 Å². The second kappa shape index (κ2) is 4.89. The molecule has 2 rings (SSSR count). The zero-order chi connectivity index (χ0) is 13.3. The zero-order valence-corrected chi connectivity index (χ0v) is 11.1. The normalized spacial score (nSPS) is 22.1. The Labute approximate surface area is 108 Å². The first kappa shape index (κ1) is 13.4. The number of carbonyl (C=O) groups excluding carboxylic acids is 1. The Balaban J connectivity index is 1.93. The number of rotatable bonds is 3. The smallest absolute Gasteiger partial charge is 0.262 e. The number of hydrogen-bond acceptors (Lipinski definition) is 4. The van der Waals surface area contributed by atoms with Gasteiger partial charge in [-0.25, -0.2) is 13.8 Å². The summed E-state index contributed by atoms with van der Waals surface area (Å²) in [6, 6.07) is -0.787. The van der Waals surface area contributed by atoms with Crippen molar-refractivity contribution in [3.05, 3.63) is 16.1 Å². The fourth-order valence-electron chi connectivity index (χ4n) is 1.96. The van der Waals surface area contributed by atoms with Crippen LogP contribution < -0.4 is 5.32 Å². The van der Waals surface area contributed by atoms with Crippen molar-refractivity contribution in [2.24, 2.45) is 0 Å². The molecule has 1 saturated heterocycles. The van der Waals surface area contributed by atoms with Gasteiger partial charge in [-0.2, -0.15) is 0 Å². The standard InChI is InChI=1S/C11H15F2N3OS/c1-7-15-8(5-18-7)4-16(2)10(17)9-3-11(12,13)6-14-9/h5,9,14H,3-4,6H2,1-2H3. The molecule has 1 unspecified atom stereocenters. The summed E-state index contributed by atoms with van der Waals surface area (Å²) >= 11 is 1.51. The number of alkyl halides is 2. The first-order valence-corrected chi connectivity index (χ1v) is 6.52. The van der Waals surface area contributed by atoms with Crippen molar-refractivity contribution >= 4 is 17.2 Å². The van der Waals surface area contributed by atoms with Crippen LogP contribution in [0.4, 0.5) is 8.78 Å². The molecule has 1 aromatic rings. The van der Waals surface area contributed by atoms with Crippen molar-refractivity contribution in [3.8, 4) is 0 Å². The predicted molar refractivity (Wildman–Crippen MR) is 64.7 cm³/mol. The van der Waals surface area contributed by atoms with Crippen molar-refractivity contribution in [3.63, 3.8) is 0 Å². The van der Waals surface area contributed by atoms with Gasteiger partial charge in [0, 0.05) is 18.8 Å². The largest absolute Gasteiger partial charge is 0.338 e. The summed E-state index contributed by atoms with van der Waals surface area (Å²) < 4.78 is 26.0. The van der Waals surface area contributed by atoms with Crippen molar-refractivity contribution in [2.75, 3.05) is 13.6 Å². The van der Waals surface area contributed by atoms with Crippen LogP contribution in [-0.4, -0.2) is 41.3 Å². The summed E-state index contributed by atoms with van der Waals surface area (Å²) in [5.74, 6) is -3.09. The number of aromatic nitrogens is 1. The number of thiazole rings is 1. The molecule has 1 aliphatic heterocycles. The summed E-state index contributed by atoms with van der Waals surface area (Å²) in [4.78, 5) is 17.6. The number of nitrogens with one attached hydrogen (secondary N) is 1. The first-order valence-electron chi connectivity index (χ1n) is 5.64. The molecule has 18 heavy (non-hydrogen) atoms. The lowest BCUT2D eigenvalue weighted by Crippen LogP contribution is -2.41. The molecule has 1 N–H and O–H groups in total. The van der Waals surface area contributed by atoms with Crippen molar-refractivity contribution in [1.29, 1.82) is 0 Å². The highest BCUT2D eigenvalue weighted by molar-refractivity contribution is 7.09. The summed E-state index contributed by atoms with van der Waals surface area (Å²) in [5.41, 5.74) is 0.790. The molecule has 0 saturated carbocycles. The highest BCUT2D eigenvalue weighted by atomic mass is 32.1. The Morgan fingerprint density at radius 1 is 1.72 bits per heavy atom. The third-order valence-corrected chi connectivity index (χ3v) is 3.67. The molecule has 0 aliphatic carbocycles. The van der Waals surface area contributed by atoms with Gasteiger partial charge in [0.2, 0.25) is 5.91 Å². The average Bonchev–Trinajstić information content (AvgIpc) is 2.83. The minimum atomic E-state index is -2.78. The lowest BCUT2D eigenvalue weighted by Gasteiger charge is -2.20. The van der Waals surface area contributed by atoms with Crippen LogP contribution in [0.25, 0.3) is 0 Å². The Kier molecular flexibility index (Phi) is 3.63. The highest BCUT2D eigenvalue weighted by Gasteiger charge is 2.43. The van der Waals surface area contributed by atoms with Crippen molar-refractivity contribution in [1.82, 2.24) is 15.2 Å². The maximum absolute atomic E-state index is 13.0. The van der Waals surface area contributed by atoms with Gasteiger partial charge in [-0.3, -0.25) is 10.1 Å². The molecule has 1 amide bonds. The summed E-state index contributed by atoms with van der Waals surface area (Å²) in [7, 11) is 1.61. The van der Waals surface area contributed by atoms with Gasteiger partial charge in [-0.1, -0.05) is 0 Å². The van der Waals surface area contributed by atoms with E-state index in [-0.39, 0.29) is 5.91 Å². The summed E-state index contributed by atoms with van der Waals surface area (Å²) in [6.45, 7) is 1.81. The average molecular weight is 275 g/mol. The van der Waals surface area contributed by atoms with Gasteiger partial charge < -0.3 is 4.90 Å². The maximum Gasteiger partial charge on any atom is 0.262 e. The van der Waals surface area contributed by atoms with Gasteiger partial charge in [0.05, 0.1) is 29.8 Å². The Morgan fingerprint density at radius 2 is 2.44 bits per heavy atom. The molecule has 0 bridgehead atoms. The minimum absolute atomic E-state index is 0.308. The molecular formula is C11H15F2N3OS. The van der Waals surface area contributed by atoms with Crippen molar-refractivity contribution in [2.45, 2.75) is 31.9 Å². The topological polar surface area (TPSA) is 45.2 Å². The number of nitrogens with zero attached hydrogens (tertiary/aromatic N) is 2. The van der Waals surface area contributed by atoms with Gasteiger partial charge in [-0.05, 0) is 6.92 Å². The third-order valence-electron chi connectivity index (χ3n) is 2.85. The summed E-state index contributed by atoms with van der Waals surface area (Å²) in [6.07, 6.45) is -0.424. The molecule has 4 nitrogen and oxygen atoms in total. The van der Waals surface area contributed by atoms with Crippen LogP contribution in [0.5, 0.6) is 0 Å². The lowest BCUT2D eigenvalue weighted by atomic mass is 10.1. The van der Waals surface area contributed by atoms with Crippen LogP contribution in [0.15, 0.2) is 5.38 Å². The van der Waals surface area contributed by atoms with E-state index in [4.69, 9.17) is 0 Å². The number of halogens is 2. The van der Waals surface area contributed by atoms with Gasteiger partial charge in [0.1, 0.15) is 0 Å². The number of hydrogen-bond donors (Lipinski definition) is 1. The quantitative estimate of drug-likeness (QED) is 0.907. The molecule has 0 spiro atoms. The molecule has 100 valence electrons. The number of amides is 1. The molecule has 7 heteroatoms. The fraction of sp³-hybridized carbons (Fsp3) is 0.636. The Bertz CT molecular complexity index is 449. The molecule has 2 heterocycles. The van der Waals surface area contributed by atoms with Crippen LogP contribution in [0.2, 0.25) is 0 Å². The van der Waals surface area contributed by atoms with E-state index >= 15 is 0 Å². The minimum Gasteiger partial charge on any atom is -0.338 e. The van der Waals surface area contributed by atoms with Gasteiger partial charge >= 0.3 is 0 Å². The number of likely N-dealkylation sites (N-methyl/N-ethyl adjacent to an activating group) is 1. The number of carbonyl (C=O) groups is 1. The Hall–Kier alpha value is -1.08. The van der Waals surface area contributed by atoms with E-state index in [9.17, 15) is 13.6 Å². The zero-order valence-electron chi connectivity index (χ0n) is 10.2. The second-order valence-electron chi connectivity index (χ2n) is 4.55. The van der Waals surface area contributed by atoms with E-state index in [2.05, 4.69) is 10.3 Å². The van der Waals surface area contributed by atoms with E-state index in [0.717, 1.165) is 10.7 Å². The molecule has 0 radical (unpaired) electrons. The lowest BCUT2D eigenvalue weighted by molar-refractivity contribution is -0.133. The van der Waals surface area contributed by atoms with Gasteiger partial charge in [0.15, 0.2) is 0 Å². The summed E-state index contributed by atoms with van der Waals surface area (Å²) in [5, 5.41) is 5.36. The number of aryl methyl sites for hydroxylation is 1. The van der Waals surface area contributed by atoms with E-state index in [1.807, 2.05) is 12.3 Å². The Morgan fingerprint density at radius 3 is 2.94 bits per heavy atom. The van der Waals surface area contributed by atoms with E-state index in [0.29, 0.717) is 6.54 Å². The first-order chi connectivity index (χ1) is 8.37. The molecule has 1 aromatic heterocycles. The van der Waals surface area contributed by atoms with E-state index in [1.54, 1.807) is 7.05 Å². The van der Waals surface area contributed by atoms with Crippen LogP contribution in [-0.2, 0) is 11.3 Å². The molecule has 1 atom stereocenters. The van der Waals surface area contributed by atoms with E-state index < -0.39 is 24.9 Å². The SMILES string of the molecule is Cc1nc(CN(C)C(=O)C2CC(F)(F)CN2)cs1. The predicted octanol–water partition coefficient (Wildman–Crippen LogP) is 1.41. The molecular weight excluding hydrogens is 260 g/mol. The fourth-order valence-corrected chi connectivity index (χ4v) is 2.56. The molecule has 0 aromatic carbocycles. The molecule has 1 fully saturated rings. The van der Waals surface area contributed by atoms with Crippen LogP contribution in [0, 0.1) is 6.92 Å². The molecule has 1 aliphatic rings. The van der Waals surface area contributed by atoms with Gasteiger partial charge in [-0.15, -0.1) is 11.3 Å². The highest BCUT2D eigenvalue weighted by Crippen LogP contribution is 2.26. The van der Waals surface area contributed by atoms with Gasteiger partial charge in [0.25, 0.3) is 5.92 Å². The maximum atomic E-state index is 13.0. The monoisotopic (exact) mass is 275 g/mol. The van der Waals surface area contributed by atoms with Crippen LogP contribution >= 0.6 is 11.3 Å². The van der Waals surface area contributed by atoms with Crippen molar-refractivity contribution < 1.29 is 13.6 Å². The second-order valence-corrected chi connectivity index (χ2v) is 5.61. The van der Waals surface area contributed by atoms with E-state index in [1.165, 1.54) is 16.2 Å². The third kappa shape index (κ3) is 3.02.